The third kappa shape index (κ3) is 4.37. The predicted molar refractivity (Wildman–Crippen MR) is 98.6 cm³/mol. The third-order valence-corrected chi connectivity index (χ3v) is 4.57. The summed E-state index contributed by atoms with van der Waals surface area (Å²) in [4.78, 5) is 16.4. The van der Waals surface area contributed by atoms with Crippen LogP contribution in [-0.4, -0.2) is 48.7 Å². The van der Waals surface area contributed by atoms with Crippen molar-refractivity contribution in [3.05, 3.63) is 53.1 Å². The summed E-state index contributed by atoms with van der Waals surface area (Å²) in [5, 5.41) is 10.0. The zero-order valence-electron chi connectivity index (χ0n) is 14.1. The summed E-state index contributed by atoms with van der Waals surface area (Å²) in [6.07, 6.45) is 0. The number of ether oxygens (including phenoxy) is 1. The first-order chi connectivity index (χ1) is 12.0. The Morgan fingerprint density at radius 3 is 2.44 bits per heavy atom. The molecule has 1 aliphatic rings. The van der Waals surface area contributed by atoms with E-state index in [4.69, 9.17) is 16.3 Å². The highest BCUT2D eigenvalue weighted by Crippen LogP contribution is 2.22. The van der Waals surface area contributed by atoms with Crippen molar-refractivity contribution >= 4 is 23.2 Å². The van der Waals surface area contributed by atoms with Crippen LogP contribution in [-0.2, 0) is 4.79 Å². The Morgan fingerprint density at radius 1 is 1.12 bits per heavy atom. The Hall–Kier alpha value is -2.40. The van der Waals surface area contributed by atoms with Gasteiger partial charge in [0.25, 0.3) is 5.91 Å². The van der Waals surface area contributed by atoms with Gasteiger partial charge in [0.1, 0.15) is 11.5 Å². The average molecular weight is 361 g/mol. The zero-order chi connectivity index (χ0) is 17.8. The van der Waals surface area contributed by atoms with E-state index < -0.39 is 0 Å². The number of aromatic hydroxyl groups is 1. The molecule has 132 valence electrons. The smallest absolute Gasteiger partial charge is 0.260 e. The van der Waals surface area contributed by atoms with Gasteiger partial charge >= 0.3 is 0 Å². The molecule has 0 aliphatic carbocycles. The third-order valence-electron chi connectivity index (χ3n) is 4.34. The van der Waals surface area contributed by atoms with Gasteiger partial charge < -0.3 is 19.6 Å². The van der Waals surface area contributed by atoms with Crippen LogP contribution in [0.2, 0.25) is 5.02 Å². The van der Waals surface area contributed by atoms with Gasteiger partial charge in [-0.1, -0.05) is 11.6 Å². The first-order valence-corrected chi connectivity index (χ1v) is 8.61. The maximum atomic E-state index is 12.4. The highest BCUT2D eigenvalue weighted by Gasteiger charge is 2.21. The Labute approximate surface area is 152 Å². The molecule has 5 nitrogen and oxygen atoms in total. The van der Waals surface area contributed by atoms with Crippen LogP contribution in [0.3, 0.4) is 0 Å². The van der Waals surface area contributed by atoms with Gasteiger partial charge in [0.05, 0.1) is 0 Å². The standard InChI is InChI=1S/C19H21ClN2O3/c1-14-12-15(20)2-7-18(14)25-13-19(24)22-10-8-21(9-11-22)16-3-5-17(23)6-4-16/h2-7,12,23H,8-11,13H2,1H3. The molecule has 1 fully saturated rings. The van der Waals surface area contributed by atoms with Crippen LogP contribution in [0.1, 0.15) is 5.56 Å². The van der Waals surface area contributed by atoms with Crippen LogP contribution >= 0.6 is 11.6 Å². The lowest BCUT2D eigenvalue weighted by Crippen LogP contribution is -2.50. The van der Waals surface area contributed by atoms with Crippen LogP contribution in [0.25, 0.3) is 0 Å². The lowest BCUT2D eigenvalue weighted by molar-refractivity contribution is -0.133. The molecule has 0 atom stereocenters. The van der Waals surface area contributed by atoms with Gasteiger partial charge in [-0.3, -0.25) is 4.79 Å². The van der Waals surface area contributed by atoms with E-state index in [1.54, 1.807) is 24.3 Å². The minimum atomic E-state index is -0.0142. The monoisotopic (exact) mass is 360 g/mol. The molecule has 6 heteroatoms. The van der Waals surface area contributed by atoms with Crippen molar-refractivity contribution in [3.8, 4) is 11.5 Å². The second-order valence-electron chi connectivity index (χ2n) is 6.08. The van der Waals surface area contributed by atoms with Crippen LogP contribution in [0.15, 0.2) is 42.5 Å². The lowest BCUT2D eigenvalue weighted by Gasteiger charge is -2.36. The largest absolute Gasteiger partial charge is 0.508 e. The fraction of sp³-hybridized carbons (Fsp3) is 0.316. The first kappa shape index (κ1) is 17.4. The summed E-state index contributed by atoms with van der Waals surface area (Å²) in [7, 11) is 0. The van der Waals surface area contributed by atoms with Gasteiger partial charge in [-0.15, -0.1) is 0 Å². The lowest BCUT2D eigenvalue weighted by atomic mass is 10.2. The minimum Gasteiger partial charge on any atom is -0.508 e. The van der Waals surface area contributed by atoms with E-state index in [-0.39, 0.29) is 18.3 Å². The second kappa shape index (κ2) is 7.66. The Morgan fingerprint density at radius 2 is 1.80 bits per heavy atom. The van der Waals surface area contributed by atoms with E-state index in [9.17, 15) is 9.90 Å². The van der Waals surface area contributed by atoms with Crippen molar-refractivity contribution in [2.75, 3.05) is 37.7 Å². The van der Waals surface area contributed by atoms with Gasteiger partial charge in [0.15, 0.2) is 6.61 Å². The van der Waals surface area contributed by atoms with Crippen molar-refractivity contribution in [3.63, 3.8) is 0 Å². The zero-order valence-corrected chi connectivity index (χ0v) is 14.9. The van der Waals surface area contributed by atoms with E-state index in [2.05, 4.69) is 4.90 Å². The maximum absolute atomic E-state index is 12.4. The maximum Gasteiger partial charge on any atom is 0.260 e. The van der Waals surface area contributed by atoms with Gasteiger partial charge in [0, 0.05) is 36.9 Å². The number of amides is 1. The van der Waals surface area contributed by atoms with Crippen molar-refractivity contribution in [2.24, 2.45) is 0 Å². The van der Waals surface area contributed by atoms with Crippen molar-refractivity contribution in [2.45, 2.75) is 6.92 Å². The second-order valence-corrected chi connectivity index (χ2v) is 6.52. The first-order valence-electron chi connectivity index (χ1n) is 8.23. The molecule has 25 heavy (non-hydrogen) atoms. The summed E-state index contributed by atoms with van der Waals surface area (Å²) in [5.74, 6) is 0.924. The number of hydrogen-bond acceptors (Lipinski definition) is 4. The number of piperazine rings is 1. The number of anilines is 1. The van der Waals surface area contributed by atoms with E-state index >= 15 is 0 Å². The number of benzene rings is 2. The van der Waals surface area contributed by atoms with Crippen LogP contribution in [0, 0.1) is 6.92 Å². The van der Waals surface area contributed by atoms with Crippen molar-refractivity contribution in [1.82, 2.24) is 4.90 Å². The number of hydrogen-bond donors (Lipinski definition) is 1. The molecule has 2 aromatic carbocycles. The van der Waals surface area contributed by atoms with Crippen LogP contribution in [0.5, 0.6) is 11.5 Å². The fourth-order valence-electron chi connectivity index (χ4n) is 2.88. The summed E-state index contributed by atoms with van der Waals surface area (Å²) < 4.78 is 5.64. The van der Waals surface area contributed by atoms with E-state index in [0.29, 0.717) is 23.9 Å². The number of halogens is 1. The van der Waals surface area contributed by atoms with Crippen molar-refractivity contribution in [1.29, 1.82) is 0 Å². The van der Waals surface area contributed by atoms with E-state index in [0.717, 1.165) is 24.3 Å². The fourth-order valence-corrected chi connectivity index (χ4v) is 3.11. The van der Waals surface area contributed by atoms with Crippen LogP contribution < -0.4 is 9.64 Å². The highest BCUT2D eigenvalue weighted by atomic mass is 35.5. The molecule has 0 unspecified atom stereocenters. The van der Waals surface area contributed by atoms with Gasteiger partial charge in [-0.25, -0.2) is 0 Å². The molecule has 2 aromatic rings. The van der Waals surface area contributed by atoms with E-state index in [1.165, 1.54) is 0 Å². The predicted octanol–water partition coefficient (Wildman–Crippen LogP) is 3.08. The molecule has 3 rings (SSSR count). The number of carbonyl (C=O) groups is 1. The van der Waals surface area contributed by atoms with Gasteiger partial charge in [-0.05, 0) is 55.0 Å². The molecule has 0 saturated carbocycles. The number of phenolic OH excluding ortho intramolecular Hbond substituents is 1. The Kier molecular flexibility index (Phi) is 5.34. The molecule has 0 bridgehead atoms. The minimum absolute atomic E-state index is 0.0142. The molecule has 1 N–H and O–H groups in total. The molecular formula is C19H21ClN2O3. The number of rotatable bonds is 4. The Balaban J connectivity index is 1.50. The number of aryl methyl sites for hydroxylation is 1. The van der Waals surface area contributed by atoms with Crippen LogP contribution in [0.4, 0.5) is 5.69 Å². The normalized spacial score (nSPS) is 14.5. The average Bonchev–Trinajstić information content (AvgIpc) is 2.61. The quantitative estimate of drug-likeness (QED) is 0.910. The summed E-state index contributed by atoms with van der Waals surface area (Å²) in [6.45, 7) is 4.77. The number of nitrogens with zero attached hydrogens (tertiary/aromatic N) is 2. The van der Waals surface area contributed by atoms with E-state index in [1.807, 2.05) is 30.0 Å². The number of phenols is 1. The SMILES string of the molecule is Cc1cc(Cl)ccc1OCC(=O)N1CCN(c2ccc(O)cc2)CC1. The molecule has 1 heterocycles. The van der Waals surface area contributed by atoms with Gasteiger partial charge in [-0.2, -0.15) is 0 Å². The summed E-state index contributed by atoms with van der Waals surface area (Å²) in [6, 6.07) is 12.5. The van der Waals surface area contributed by atoms with Crippen molar-refractivity contribution < 1.29 is 14.6 Å². The molecule has 1 saturated heterocycles. The molecule has 0 radical (unpaired) electrons. The van der Waals surface area contributed by atoms with Gasteiger partial charge in [0.2, 0.25) is 0 Å². The highest BCUT2D eigenvalue weighted by molar-refractivity contribution is 6.30. The molecule has 1 aliphatic heterocycles. The summed E-state index contributed by atoms with van der Waals surface area (Å²) >= 11 is 5.92. The molecule has 1 amide bonds. The Bertz CT molecular complexity index is 741. The summed E-state index contributed by atoms with van der Waals surface area (Å²) in [5.41, 5.74) is 1.97. The number of carbonyl (C=O) groups excluding carboxylic acids is 1. The topological polar surface area (TPSA) is 53.0 Å². The molecule has 0 spiro atoms. The molecular weight excluding hydrogens is 340 g/mol. The molecule has 0 aromatic heterocycles.